The predicted octanol–water partition coefficient (Wildman–Crippen LogP) is 2.56. The lowest BCUT2D eigenvalue weighted by atomic mass is 9.68. The van der Waals surface area contributed by atoms with E-state index in [1.807, 2.05) is 60.8 Å². The standard InChI is InChI=1S/C23H30N4O3/c1-16-13-17(2)27(24-16)14-18-5-7-19(8-6-18)21(28)26-12-10-23(22(29)30)9-4-11-25(3)20(23)15-26/h5-8,13,20H,4,9-12,14-15H2,1-3H3,(H,29,30)/t20-,23+/m1/s1. The van der Waals surface area contributed by atoms with Crippen LogP contribution in [0.15, 0.2) is 30.3 Å². The topological polar surface area (TPSA) is 78.7 Å². The first-order valence-electron chi connectivity index (χ1n) is 10.6. The first-order chi connectivity index (χ1) is 14.3. The number of nitrogens with zero attached hydrogens (tertiary/aromatic N) is 4. The van der Waals surface area contributed by atoms with Crippen molar-refractivity contribution < 1.29 is 14.7 Å². The van der Waals surface area contributed by atoms with Gasteiger partial charge in [-0.25, -0.2) is 0 Å². The van der Waals surface area contributed by atoms with Gasteiger partial charge in [-0.2, -0.15) is 5.10 Å². The molecule has 0 unspecified atom stereocenters. The first-order valence-corrected chi connectivity index (χ1v) is 10.6. The number of carbonyl (C=O) groups is 2. The van der Waals surface area contributed by atoms with Gasteiger partial charge < -0.3 is 14.9 Å². The Hall–Kier alpha value is -2.67. The van der Waals surface area contributed by atoms with E-state index in [-0.39, 0.29) is 11.9 Å². The van der Waals surface area contributed by atoms with Gasteiger partial charge in [-0.1, -0.05) is 12.1 Å². The average Bonchev–Trinajstić information content (AvgIpc) is 3.04. The number of amides is 1. The zero-order valence-electron chi connectivity index (χ0n) is 18.0. The summed E-state index contributed by atoms with van der Waals surface area (Å²) in [5.74, 6) is -0.745. The second-order valence-corrected chi connectivity index (χ2v) is 8.84. The van der Waals surface area contributed by atoms with Crippen LogP contribution in [0.2, 0.25) is 0 Å². The molecule has 2 fully saturated rings. The molecule has 2 saturated heterocycles. The molecule has 4 rings (SSSR count). The van der Waals surface area contributed by atoms with E-state index in [1.165, 1.54) is 0 Å². The van der Waals surface area contributed by atoms with Crippen LogP contribution in [0.1, 0.15) is 46.6 Å². The Kier molecular flexibility index (Phi) is 5.40. The van der Waals surface area contributed by atoms with Gasteiger partial charge in [-0.05, 0) is 70.5 Å². The largest absolute Gasteiger partial charge is 0.481 e. The molecule has 160 valence electrons. The predicted molar refractivity (Wildman–Crippen MR) is 113 cm³/mol. The molecule has 0 bridgehead atoms. The molecule has 2 atom stereocenters. The SMILES string of the molecule is Cc1cc(C)n(Cc2ccc(C(=O)N3CC[C@@]4(C(=O)O)CCCN(C)[C@@H]4C3)cc2)n1. The molecule has 2 aromatic rings. The third-order valence-electron chi connectivity index (χ3n) is 6.87. The van der Waals surface area contributed by atoms with Crippen LogP contribution in [0.4, 0.5) is 0 Å². The van der Waals surface area contributed by atoms with E-state index in [4.69, 9.17) is 0 Å². The quantitative estimate of drug-likeness (QED) is 0.838. The second-order valence-electron chi connectivity index (χ2n) is 8.84. The lowest BCUT2D eigenvalue weighted by molar-refractivity contribution is -0.161. The van der Waals surface area contributed by atoms with Crippen molar-refractivity contribution in [3.05, 3.63) is 52.8 Å². The van der Waals surface area contributed by atoms with Crippen molar-refractivity contribution in [1.29, 1.82) is 0 Å². The molecule has 0 radical (unpaired) electrons. The summed E-state index contributed by atoms with van der Waals surface area (Å²) in [5.41, 5.74) is 3.11. The van der Waals surface area contributed by atoms with E-state index in [1.54, 1.807) is 0 Å². The fourth-order valence-electron chi connectivity index (χ4n) is 5.11. The summed E-state index contributed by atoms with van der Waals surface area (Å²) < 4.78 is 1.96. The maximum Gasteiger partial charge on any atom is 0.311 e. The summed E-state index contributed by atoms with van der Waals surface area (Å²) in [7, 11) is 1.98. The summed E-state index contributed by atoms with van der Waals surface area (Å²) >= 11 is 0. The number of benzene rings is 1. The number of hydrogen-bond donors (Lipinski definition) is 1. The average molecular weight is 411 g/mol. The first kappa shape index (κ1) is 20.6. The Labute approximate surface area is 177 Å². The van der Waals surface area contributed by atoms with Crippen molar-refractivity contribution in [3.8, 4) is 0 Å². The minimum absolute atomic E-state index is 0.0226. The van der Waals surface area contributed by atoms with Crippen LogP contribution < -0.4 is 0 Å². The fraction of sp³-hybridized carbons (Fsp3) is 0.522. The summed E-state index contributed by atoms with van der Waals surface area (Å²) in [5, 5.41) is 14.4. The number of likely N-dealkylation sites (N-methyl/N-ethyl adjacent to an activating group) is 1. The highest BCUT2D eigenvalue weighted by molar-refractivity contribution is 5.94. The maximum absolute atomic E-state index is 13.1. The third-order valence-corrected chi connectivity index (χ3v) is 6.87. The monoisotopic (exact) mass is 410 g/mol. The van der Waals surface area contributed by atoms with E-state index >= 15 is 0 Å². The number of aliphatic carboxylic acids is 1. The molecule has 1 aromatic carbocycles. The number of fused-ring (bicyclic) bond motifs is 1. The van der Waals surface area contributed by atoms with E-state index in [0.29, 0.717) is 38.0 Å². The third kappa shape index (κ3) is 3.62. The maximum atomic E-state index is 13.1. The van der Waals surface area contributed by atoms with E-state index in [2.05, 4.69) is 10.00 Å². The lowest BCUT2D eigenvalue weighted by Crippen LogP contribution is -2.63. The number of hydrogen-bond acceptors (Lipinski definition) is 4. The van der Waals surface area contributed by atoms with Crippen LogP contribution in [0, 0.1) is 19.3 Å². The molecular formula is C23H30N4O3. The molecule has 1 N–H and O–H groups in total. The number of rotatable bonds is 4. The number of aromatic nitrogens is 2. The van der Waals surface area contributed by atoms with Crippen LogP contribution in [-0.2, 0) is 11.3 Å². The number of carbonyl (C=O) groups excluding carboxylic acids is 1. The van der Waals surface area contributed by atoms with Gasteiger partial charge in [0.25, 0.3) is 5.91 Å². The van der Waals surface area contributed by atoms with Gasteiger partial charge in [0.15, 0.2) is 0 Å². The molecule has 2 aliphatic heterocycles. The second kappa shape index (κ2) is 7.87. The molecular weight excluding hydrogens is 380 g/mol. The summed E-state index contributed by atoms with van der Waals surface area (Å²) in [6.45, 7) is 6.52. The van der Waals surface area contributed by atoms with Crippen LogP contribution >= 0.6 is 0 Å². The Morgan fingerprint density at radius 1 is 1.17 bits per heavy atom. The Morgan fingerprint density at radius 2 is 1.90 bits per heavy atom. The zero-order chi connectivity index (χ0) is 21.5. The highest BCUT2D eigenvalue weighted by Crippen LogP contribution is 2.42. The van der Waals surface area contributed by atoms with E-state index < -0.39 is 11.4 Å². The molecule has 0 spiro atoms. The van der Waals surface area contributed by atoms with Crippen LogP contribution in [-0.4, -0.2) is 69.3 Å². The van der Waals surface area contributed by atoms with Crippen molar-refractivity contribution in [1.82, 2.24) is 19.6 Å². The van der Waals surface area contributed by atoms with Gasteiger partial charge in [0.1, 0.15) is 0 Å². The zero-order valence-corrected chi connectivity index (χ0v) is 18.0. The molecule has 7 nitrogen and oxygen atoms in total. The normalized spacial score (nSPS) is 24.5. The van der Waals surface area contributed by atoms with Crippen molar-refractivity contribution >= 4 is 11.9 Å². The smallest absolute Gasteiger partial charge is 0.311 e. The number of piperidine rings is 2. The summed E-state index contributed by atoms with van der Waals surface area (Å²) in [6.07, 6.45) is 2.10. The molecule has 1 aromatic heterocycles. The number of carboxylic acid groups (broad SMARTS) is 1. The molecule has 1 amide bonds. The molecule has 30 heavy (non-hydrogen) atoms. The van der Waals surface area contributed by atoms with Crippen molar-refractivity contribution in [3.63, 3.8) is 0 Å². The van der Waals surface area contributed by atoms with Gasteiger partial charge in [-0.15, -0.1) is 0 Å². The number of carboxylic acids is 1. The van der Waals surface area contributed by atoms with E-state index in [0.717, 1.165) is 29.9 Å². The minimum atomic E-state index is -0.729. The molecule has 7 heteroatoms. The van der Waals surface area contributed by atoms with Crippen LogP contribution in [0.25, 0.3) is 0 Å². The van der Waals surface area contributed by atoms with Crippen molar-refractivity contribution in [2.45, 2.75) is 45.7 Å². The Bertz CT molecular complexity index is 952. The number of aryl methyl sites for hydroxylation is 2. The Morgan fingerprint density at radius 3 is 2.53 bits per heavy atom. The molecule has 3 heterocycles. The Balaban J connectivity index is 1.47. The molecule has 0 saturated carbocycles. The summed E-state index contributed by atoms with van der Waals surface area (Å²) in [6, 6.07) is 9.60. The van der Waals surface area contributed by atoms with Gasteiger partial charge in [0, 0.05) is 30.4 Å². The van der Waals surface area contributed by atoms with E-state index in [9.17, 15) is 14.7 Å². The van der Waals surface area contributed by atoms with Crippen molar-refractivity contribution in [2.75, 3.05) is 26.7 Å². The highest BCUT2D eigenvalue weighted by Gasteiger charge is 2.52. The van der Waals surface area contributed by atoms with Crippen LogP contribution in [0.3, 0.4) is 0 Å². The highest BCUT2D eigenvalue weighted by atomic mass is 16.4. The van der Waals surface area contributed by atoms with Gasteiger partial charge in [0.2, 0.25) is 0 Å². The number of likely N-dealkylation sites (tertiary alicyclic amines) is 2. The fourth-order valence-corrected chi connectivity index (χ4v) is 5.11. The molecule has 2 aliphatic rings. The minimum Gasteiger partial charge on any atom is -0.481 e. The van der Waals surface area contributed by atoms with Gasteiger partial charge in [0.05, 0.1) is 17.7 Å². The van der Waals surface area contributed by atoms with Gasteiger partial charge >= 0.3 is 5.97 Å². The lowest BCUT2D eigenvalue weighted by Gasteiger charge is -2.51. The van der Waals surface area contributed by atoms with Crippen molar-refractivity contribution in [2.24, 2.45) is 5.41 Å². The molecule has 0 aliphatic carbocycles. The summed E-state index contributed by atoms with van der Waals surface area (Å²) in [4.78, 5) is 29.1. The van der Waals surface area contributed by atoms with Gasteiger partial charge in [-0.3, -0.25) is 14.3 Å². The van der Waals surface area contributed by atoms with Crippen LogP contribution in [0.5, 0.6) is 0 Å².